The molecule has 0 bridgehead atoms. The van der Waals surface area contributed by atoms with Gasteiger partial charge in [0.15, 0.2) is 0 Å². The third-order valence-corrected chi connectivity index (χ3v) is 2.70. The molecule has 0 aliphatic carbocycles. The van der Waals surface area contributed by atoms with Crippen LogP contribution in [0.25, 0.3) is 0 Å². The lowest BCUT2D eigenvalue weighted by atomic mass is 10.0. The average molecular weight is 282 g/mol. The van der Waals surface area contributed by atoms with Crippen molar-refractivity contribution in [2.75, 3.05) is 5.32 Å². The average Bonchev–Trinajstić information content (AvgIpc) is 2.35. The quantitative estimate of drug-likeness (QED) is 0.662. The summed E-state index contributed by atoms with van der Waals surface area (Å²) < 4.78 is 0. The zero-order chi connectivity index (χ0) is 14.4. The summed E-state index contributed by atoms with van der Waals surface area (Å²) in [5.41, 5.74) is -0.259. The van der Waals surface area contributed by atoms with E-state index in [0.717, 1.165) is 0 Å². The Morgan fingerprint density at radius 1 is 1.63 bits per heavy atom. The molecule has 19 heavy (non-hydrogen) atoms. The van der Waals surface area contributed by atoms with Gasteiger partial charge >= 0.3 is 0 Å². The summed E-state index contributed by atoms with van der Waals surface area (Å²) in [4.78, 5) is 22.0. The Kier molecular flexibility index (Phi) is 5.27. The largest absolute Gasteiger partial charge is 0.319 e. The number of nitrogens with one attached hydrogen (secondary N) is 1. The number of anilines is 1. The van der Waals surface area contributed by atoms with Crippen LogP contribution in [0.4, 0.5) is 11.4 Å². The summed E-state index contributed by atoms with van der Waals surface area (Å²) in [5, 5.41) is 22.3. The number of carbonyl (C=O) groups excluding carboxylic acids is 1. The van der Waals surface area contributed by atoms with Crippen LogP contribution in [-0.4, -0.2) is 10.8 Å². The summed E-state index contributed by atoms with van der Waals surface area (Å²) >= 11 is 5.74. The highest BCUT2D eigenvalue weighted by Gasteiger charge is 2.21. The first kappa shape index (κ1) is 14.9. The molecule has 0 saturated carbocycles. The first-order chi connectivity index (χ1) is 8.99. The van der Waals surface area contributed by atoms with Gasteiger partial charge < -0.3 is 5.32 Å². The van der Waals surface area contributed by atoms with Gasteiger partial charge in [0.1, 0.15) is 11.6 Å². The molecule has 100 valence electrons. The Bertz CT molecular complexity index is 540. The molecule has 0 aliphatic heterocycles. The lowest BCUT2D eigenvalue weighted by Gasteiger charge is -2.09. The van der Waals surface area contributed by atoms with Crippen LogP contribution in [0, 0.1) is 27.4 Å². The summed E-state index contributed by atoms with van der Waals surface area (Å²) in [7, 11) is 0. The molecule has 0 spiro atoms. The number of nitrogens with zero attached hydrogens (tertiary/aromatic N) is 2. The zero-order valence-corrected chi connectivity index (χ0v) is 11.0. The number of nitro groups is 1. The lowest BCUT2D eigenvalue weighted by molar-refractivity contribution is -0.383. The molecule has 6 nitrogen and oxygen atoms in total. The molecule has 0 aromatic heterocycles. The maximum Gasteiger partial charge on any atom is 0.292 e. The van der Waals surface area contributed by atoms with Crippen molar-refractivity contribution in [1.29, 1.82) is 5.26 Å². The van der Waals surface area contributed by atoms with Crippen molar-refractivity contribution >= 4 is 28.9 Å². The number of hydrogen-bond donors (Lipinski definition) is 1. The normalized spacial score (nSPS) is 11.4. The van der Waals surface area contributed by atoms with Crippen molar-refractivity contribution in [2.45, 2.75) is 19.8 Å². The maximum atomic E-state index is 11.8. The predicted octanol–water partition coefficient (Wildman–Crippen LogP) is 3.13. The molecular weight excluding hydrogens is 270 g/mol. The van der Waals surface area contributed by atoms with Crippen LogP contribution in [-0.2, 0) is 4.79 Å². The highest BCUT2D eigenvalue weighted by atomic mass is 35.5. The van der Waals surface area contributed by atoms with Gasteiger partial charge in [-0.2, -0.15) is 5.26 Å². The molecule has 0 fully saturated rings. The van der Waals surface area contributed by atoms with Gasteiger partial charge in [0, 0.05) is 11.1 Å². The van der Waals surface area contributed by atoms with Crippen LogP contribution in [0.3, 0.4) is 0 Å². The molecule has 0 heterocycles. The van der Waals surface area contributed by atoms with Crippen molar-refractivity contribution in [3.63, 3.8) is 0 Å². The van der Waals surface area contributed by atoms with Crippen LogP contribution < -0.4 is 5.32 Å². The fourth-order valence-electron chi connectivity index (χ4n) is 1.53. The van der Waals surface area contributed by atoms with Gasteiger partial charge in [0.25, 0.3) is 5.69 Å². The minimum atomic E-state index is -0.830. The monoisotopic (exact) mass is 281 g/mol. The first-order valence-electron chi connectivity index (χ1n) is 5.64. The summed E-state index contributed by atoms with van der Waals surface area (Å²) in [6.07, 6.45) is 1.07. The molecule has 0 aliphatic rings. The van der Waals surface area contributed by atoms with E-state index >= 15 is 0 Å². The second kappa shape index (κ2) is 6.71. The molecule has 0 saturated heterocycles. The van der Waals surface area contributed by atoms with E-state index in [0.29, 0.717) is 12.8 Å². The van der Waals surface area contributed by atoms with Gasteiger partial charge in [0.2, 0.25) is 5.91 Å². The summed E-state index contributed by atoms with van der Waals surface area (Å²) in [6.45, 7) is 1.85. The number of halogens is 1. The van der Waals surface area contributed by atoms with Crippen molar-refractivity contribution in [3.05, 3.63) is 33.3 Å². The standard InChI is InChI=1S/C12H12ClN3O3/c1-2-3-8(7-14)12(17)15-10-6-9(13)4-5-11(10)16(18)19/h4-6,8H,2-3H2,1H3,(H,15,17). The van der Waals surface area contributed by atoms with Crippen molar-refractivity contribution < 1.29 is 9.72 Å². The molecule has 1 rings (SSSR count). The molecule has 1 atom stereocenters. The summed E-state index contributed by atoms with van der Waals surface area (Å²) in [5.74, 6) is -1.39. The van der Waals surface area contributed by atoms with Crippen LogP contribution in [0.5, 0.6) is 0 Å². The second-order valence-corrected chi connectivity index (χ2v) is 4.31. The number of carbonyl (C=O) groups is 1. The van der Waals surface area contributed by atoms with E-state index in [1.54, 1.807) is 0 Å². The Hall–Kier alpha value is -2.13. The molecule has 1 aromatic carbocycles. The second-order valence-electron chi connectivity index (χ2n) is 3.88. The third-order valence-electron chi connectivity index (χ3n) is 2.46. The van der Waals surface area contributed by atoms with E-state index in [-0.39, 0.29) is 16.4 Å². The number of nitro benzene ring substituents is 1. The Labute approximate surface area is 115 Å². The van der Waals surface area contributed by atoms with E-state index in [4.69, 9.17) is 16.9 Å². The van der Waals surface area contributed by atoms with Gasteiger partial charge in [0.05, 0.1) is 11.0 Å². The zero-order valence-electron chi connectivity index (χ0n) is 10.2. The Morgan fingerprint density at radius 2 is 2.32 bits per heavy atom. The van der Waals surface area contributed by atoms with Crippen LogP contribution >= 0.6 is 11.6 Å². The van der Waals surface area contributed by atoms with E-state index in [2.05, 4.69) is 5.32 Å². The van der Waals surface area contributed by atoms with Crippen LogP contribution in [0.1, 0.15) is 19.8 Å². The Morgan fingerprint density at radius 3 is 2.84 bits per heavy atom. The fraction of sp³-hybridized carbons (Fsp3) is 0.333. The van der Waals surface area contributed by atoms with Gasteiger partial charge in [-0.15, -0.1) is 0 Å². The van der Waals surface area contributed by atoms with Gasteiger partial charge in [-0.3, -0.25) is 14.9 Å². The number of rotatable bonds is 5. The number of hydrogen-bond acceptors (Lipinski definition) is 4. The Balaban J connectivity index is 2.98. The van der Waals surface area contributed by atoms with Crippen molar-refractivity contribution in [3.8, 4) is 6.07 Å². The number of amides is 1. The molecule has 1 aromatic rings. The number of benzene rings is 1. The fourth-order valence-corrected chi connectivity index (χ4v) is 1.70. The smallest absolute Gasteiger partial charge is 0.292 e. The number of nitriles is 1. The van der Waals surface area contributed by atoms with E-state index in [9.17, 15) is 14.9 Å². The van der Waals surface area contributed by atoms with E-state index < -0.39 is 16.7 Å². The summed E-state index contributed by atoms with van der Waals surface area (Å²) in [6, 6.07) is 5.73. The predicted molar refractivity (Wildman–Crippen MR) is 70.7 cm³/mol. The van der Waals surface area contributed by atoms with Crippen LogP contribution in [0.2, 0.25) is 5.02 Å². The molecule has 1 amide bonds. The first-order valence-corrected chi connectivity index (χ1v) is 6.01. The van der Waals surface area contributed by atoms with Gasteiger partial charge in [-0.25, -0.2) is 0 Å². The van der Waals surface area contributed by atoms with Gasteiger partial charge in [-0.05, 0) is 18.6 Å². The minimum absolute atomic E-state index is 0.00106. The SMILES string of the molecule is CCCC(C#N)C(=O)Nc1cc(Cl)ccc1[N+](=O)[O-]. The van der Waals surface area contributed by atoms with Crippen molar-refractivity contribution in [1.82, 2.24) is 0 Å². The highest BCUT2D eigenvalue weighted by Crippen LogP contribution is 2.28. The molecule has 0 radical (unpaired) electrons. The van der Waals surface area contributed by atoms with Gasteiger partial charge in [-0.1, -0.05) is 24.9 Å². The minimum Gasteiger partial charge on any atom is -0.319 e. The van der Waals surface area contributed by atoms with E-state index in [1.165, 1.54) is 18.2 Å². The lowest BCUT2D eigenvalue weighted by Crippen LogP contribution is -2.22. The topological polar surface area (TPSA) is 96.0 Å². The molecular formula is C12H12ClN3O3. The maximum absolute atomic E-state index is 11.8. The van der Waals surface area contributed by atoms with Crippen molar-refractivity contribution in [2.24, 2.45) is 5.92 Å². The molecule has 1 unspecified atom stereocenters. The van der Waals surface area contributed by atoms with E-state index in [1.807, 2.05) is 13.0 Å². The molecule has 1 N–H and O–H groups in total. The van der Waals surface area contributed by atoms with Crippen LogP contribution in [0.15, 0.2) is 18.2 Å². The molecule has 7 heteroatoms. The highest BCUT2D eigenvalue weighted by molar-refractivity contribution is 6.31. The third kappa shape index (κ3) is 3.93.